The second-order valence-electron chi connectivity index (χ2n) is 2.56. The third kappa shape index (κ3) is 2.59. The number of hydrogen-bond donors (Lipinski definition) is 0. The summed E-state index contributed by atoms with van der Waals surface area (Å²) in [4.78, 5) is 0. The first-order chi connectivity index (χ1) is 5.68. The molecule has 0 bridgehead atoms. The third-order valence-electron chi connectivity index (χ3n) is 1.11. The molecule has 3 heteroatoms. The van der Waals surface area contributed by atoms with E-state index in [1.54, 1.807) is 6.92 Å². The number of aryl methyl sites for hydroxylation is 1. The highest BCUT2D eigenvalue weighted by Gasteiger charge is 1.94. The summed E-state index contributed by atoms with van der Waals surface area (Å²) in [7, 11) is 0. The summed E-state index contributed by atoms with van der Waals surface area (Å²) < 4.78 is 5.04. The van der Waals surface area contributed by atoms with Crippen LogP contribution >= 0.6 is 0 Å². The van der Waals surface area contributed by atoms with E-state index in [1.165, 1.54) is 0 Å². The van der Waals surface area contributed by atoms with Gasteiger partial charge in [-0.1, -0.05) is 23.2 Å². The smallest absolute Gasteiger partial charge is 0.293 e. The van der Waals surface area contributed by atoms with Gasteiger partial charge in [0.25, 0.3) is 5.89 Å². The summed E-state index contributed by atoms with van der Waals surface area (Å²) in [5.74, 6) is 6.52. The average Bonchev–Trinajstić information content (AvgIpc) is 2.35. The summed E-state index contributed by atoms with van der Waals surface area (Å²) in [5.41, 5.74) is 1.03. The molecule has 0 fully saturated rings. The average molecular weight is 162 g/mol. The summed E-state index contributed by atoms with van der Waals surface area (Å²) in [6.45, 7) is 7.38. The van der Waals surface area contributed by atoms with Gasteiger partial charge in [-0.05, 0) is 12.8 Å². The summed E-state index contributed by atoms with van der Waals surface area (Å²) in [6, 6.07) is 0. The molecule has 0 aliphatic heterocycles. The first-order valence-corrected chi connectivity index (χ1v) is 3.62. The lowest BCUT2D eigenvalue weighted by molar-refractivity contribution is 0.507. The Morgan fingerprint density at radius 1 is 1.58 bits per heavy atom. The van der Waals surface area contributed by atoms with Gasteiger partial charge in [0.2, 0.25) is 5.89 Å². The van der Waals surface area contributed by atoms with Crippen LogP contribution in [0.25, 0.3) is 0 Å². The molecule has 0 saturated heterocycles. The van der Waals surface area contributed by atoms with Crippen LogP contribution in [-0.2, 0) is 0 Å². The molecule has 3 nitrogen and oxygen atoms in total. The van der Waals surface area contributed by atoms with Crippen molar-refractivity contribution in [1.29, 1.82) is 0 Å². The van der Waals surface area contributed by atoms with E-state index in [1.807, 2.05) is 6.92 Å². The Kier molecular flexibility index (Phi) is 2.65. The molecule has 1 rings (SSSR count). The van der Waals surface area contributed by atoms with Crippen molar-refractivity contribution < 1.29 is 4.42 Å². The molecular weight excluding hydrogens is 152 g/mol. The number of nitrogens with zero attached hydrogens (tertiary/aromatic N) is 2. The second kappa shape index (κ2) is 3.72. The van der Waals surface area contributed by atoms with Crippen LogP contribution in [0.1, 0.15) is 25.1 Å². The molecule has 0 N–H and O–H groups in total. The van der Waals surface area contributed by atoms with Gasteiger partial charge in [0.05, 0.1) is 0 Å². The van der Waals surface area contributed by atoms with Crippen LogP contribution in [0.15, 0.2) is 16.6 Å². The highest BCUT2D eigenvalue weighted by atomic mass is 16.4. The molecule has 0 spiro atoms. The van der Waals surface area contributed by atoms with Crippen LogP contribution in [0.2, 0.25) is 0 Å². The Morgan fingerprint density at radius 2 is 2.33 bits per heavy atom. The third-order valence-corrected chi connectivity index (χ3v) is 1.11. The predicted molar refractivity (Wildman–Crippen MR) is 45.3 cm³/mol. The number of rotatable bonds is 1. The zero-order valence-corrected chi connectivity index (χ0v) is 7.22. The van der Waals surface area contributed by atoms with Crippen LogP contribution in [0.3, 0.4) is 0 Å². The molecule has 0 atom stereocenters. The van der Waals surface area contributed by atoms with Crippen LogP contribution < -0.4 is 0 Å². The van der Waals surface area contributed by atoms with Gasteiger partial charge in [-0.3, -0.25) is 0 Å². The summed E-state index contributed by atoms with van der Waals surface area (Å²) in [5, 5.41) is 7.37. The first kappa shape index (κ1) is 8.54. The second-order valence-corrected chi connectivity index (χ2v) is 2.56. The van der Waals surface area contributed by atoms with E-state index in [2.05, 4.69) is 28.6 Å². The Balaban J connectivity index is 2.60. The minimum Gasteiger partial charge on any atom is -0.415 e. The maximum Gasteiger partial charge on any atom is 0.293 e. The fourth-order valence-electron chi connectivity index (χ4n) is 0.618. The van der Waals surface area contributed by atoms with Gasteiger partial charge in [-0.25, -0.2) is 0 Å². The maximum absolute atomic E-state index is 5.04. The predicted octanol–water partition coefficient (Wildman–Crippen LogP) is 1.70. The van der Waals surface area contributed by atoms with Gasteiger partial charge >= 0.3 is 0 Å². The van der Waals surface area contributed by atoms with Crippen molar-refractivity contribution >= 4 is 0 Å². The van der Waals surface area contributed by atoms with Crippen LogP contribution in [0.5, 0.6) is 0 Å². The normalized spacial score (nSPS) is 8.83. The van der Waals surface area contributed by atoms with Crippen molar-refractivity contribution in [1.82, 2.24) is 10.2 Å². The van der Waals surface area contributed by atoms with E-state index in [9.17, 15) is 0 Å². The van der Waals surface area contributed by atoms with Gasteiger partial charge in [-0.2, -0.15) is 0 Å². The molecule has 1 aromatic rings. The van der Waals surface area contributed by atoms with Crippen LogP contribution in [0, 0.1) is 18.8 Å². The maximum atomic E-state index is 5.04. The lowest BCUT2D eigenvalue weighted by Gasteiger charge is -1.82. The van der Waals surface area contributed by atoms with Gasteiger partial charge < -0.3 is 4.42 Å². The molecule has 0 saturated carbocycles. The molecular formula is C9H10N2O. The van der Waals surface area contributed by atoms with E-state index in [0.717, 1.165) is 5.57 Å². The molecule has 0 amide bonds. The molecule has 0 unspecified atom stereocenters. The van der Waals surface area contributed by atoms with E-state index in [0.29, 0.717) is 18.2 Å². The molecule has 0 aromatic carbocycles. The molecule has 0 aliphatic carbocycles. The van der Waals surface area contributed by atoms with Gasteiger partial charge in [0, 0.05) is 13.3 Å². The van der Waals surface area contributed by atoms with Gasteiger partial charge in [0.15, 0.2) is 0 Å². The molecule has 1 aromatic heterocycles. The molecule has 12 heavy (non-hydrogen) atoms. The minimum absolute atomic E-state index is 0.369. The fourth-order valence-corrected chi connectivity index (χ4v) is 0.618. The fraction of sp³-hybridized carbons (Fsp3) is 0.333. The quantitative estimate of drug-likeness (QED) is 0.466. The standard InChI is InChI=1S/C9H10N2O/c1-7(2)5-4-6-9-11-10-8(3)12-9/h1,5H2,2-3H3. The van der Waals surface area contributed by atoms with E-state index in [4.69, 9.17) is 4.42 Å². The zero-order chi connectivity index (χ0) is 8.97. The minimum atomic E-state index is 0.369. The van der Waals surface area contributed by atoms with E-state index < -0.39 is 0 Å². The monoisotopic (exact) mass is 162 g/mol. The van der Waals surface area contributed by atoms with Gasteiger partial charge in [0.1, 0.15) is 0 Å². The number of allylic oxidation sites excluding steroid dienone is 1. The molecule has 0 aliphatic rings. The Hall–Kier alpha value is -1.56. The lowest BCUT2D eigenvalue weighted by Crippen LogP contribution is -1.73. The topological polar surface area (TPSA) is 38.9 Å². The number of aromatic nitrogens is 2. The van der Waals surface area contributed by atoms with Crippen molar-refractivity contribution in [3.63, 3.8) is 0 Å². The van der Waals surface area contributed by atoms with Crippen molar-refractivity contribution in [2.24, 2.45) is 0 Å². The lowest BCUT2D eigenvalue weighted by atomic mass is 10.2. The molecule has 0 radical (unpaired) electrons. The van der Waals surface area contributed by atoms with Crippen molar-refractivity contribution in [2.45, 2.75) is 20.3 Å². The van der Waals surface area contributed by atoms with E-state index >= 15 is 0 Å². The SMILES string of the molecule is C=C(C)CC#Cc1nnc(C)o1. The first-order valence-electron chi connectivity index (χ1n) is 3.62. The Bertz CT molecular complexity index is 341. The van der Waals surface area contributed by atoms with Crippen molar-refractivity contribution in [3.05, 3.63) is 23.9 Å². The molecule has 1 heterocycles. The highest BCUT2D eigenvalue weighted by Crippen LogP contribution is 1.96. The summed E-state index contributed by atoms with van der Waals surface area (Å²) in [6.07, 6.45) is 0.668. The van der Waals surface area contributed by atoms with Crippen molar-refractivity contribution in [3.8, 4) is 11.8 Å². The number of hydrogen-bond acceptors (Lipinski definition) is 3. The largest absolute Gasteiger partial charge is 0.415 e. The van der Waals surface area contributed by atoms with E-state index in [-0.39, 0.29) is 0 Å². The molecule has 62 valence electrons. The van der Waals surface area contributed by atoms with Crippen molar-refractivity contribution in [2.75, 3.05) is 0 Å². The van der Waals surface area contributed by atoms with Crippen LogP contribution in [0.4, 0.5) is 0 Å². The zero-order valence-electron chi connectivity index (χ0n) is 7.22. The van der Waals surface area contributed by atoms with Crippen LogP contribution in [-0.4, -0.2) is 10.2 Å². The Labute approximate surface area is 71.5 Å². The Morgan fingerprint density at radius 3 is 2.83 bits per heavy atom. The van der Waals surface area contributed by atoms with Gasteiger partial charge in [-0.15, -0.1) is 5.10 Å². The highest BCUT2D eigenvalue weighted by molar-refractivity contribution is 5.19. The summed E-state index contributed by atoms with van der Waals surface area (Å²) >= 11 is 0.